The normalized spacial score (nSPS) is 10.4. The molecule has 0 bridgehead atoms. The van der Waals surface area contributed by atoms with E-state index in [1.54, 1.807) is 18.2 Å². The van der Waals surface area contributed by atoms with Crippen LogP contribution in [-0.2, 0) is 17.9 Å². The van der Waals surface area contributed by atoms with Crippen LogP contribution in [0.5, 0.6) is 0 Å². The average molecular weight is 286 g/mol. The van der Waals surface area contributed by atoms with Gasteiger partial charge in [0.15, 0.2) is 0 Å². The van der Waals surface area contributed by atoms with Crippen LogP contribution in [0.3, 0.4) is 0 Å². The molecule has 0 aromatic heterocycles. The third kappa shape index (κ3) is 4.68. The largest absolute Gasteiger partial charge is 0.351 e. The number of aryl methyl sites for hydroxylation is 1. The van der Waals surface area contributed by atoms with Crippen LogP contribution in [0.4, 0.5) is 4.39 Å². The van der Waals surface area contributed by atoms with E-state index in [0.29, 0.717) is 18.7 Å². The zero-order chi connectivity index (χ0) is 15.1. The smallest absolute Gasteiger partial charge is 0.234 e. The summed E-state index contributed by atoms with van der Waals surface area (Å²) in [5.41, 5.74) is 2.81. The number of benzene rings is 2. The van der Waals surface area contributed by atoms with Gasteiger partial charge in [0.2, 0.25) is 5.91 Å². The molecule has 0 saturated carbocycles. The van der Waals surface area contributed by atoms with Crippen LogP contribution in [-0.4, -0.2) is 12.5 Å². The van der Waals surface area contributed by atoms with E-state index < -0.39 is 0 Å². The molecule has 21 heavy (non-hydrogen) atoms. The molecule has 0 aliphatic heterocycles. The summed E-state index contributed by atoms with van der Waals surface area (Å²) in [5, 5.41) is 5.79. The number of amides is 1. The number of rotatable bonds is 6. The predicted molar refractivity (Wildman–Crippen MR) is 81.1 cm³/mol. The van der Waals surface area contributed by atoms with Crippen LogP contribution in [0.2, 0.25) is 0 Å². The molecule has 0 unspecified atom stereocenters. The molecule has 0 atom stereocenters. The van der Waals surface area contributed by atoms with Crippen molar-refractivity contribution in [1.29, 1.82) is 0 Å². The number of carbonyl (C=O) groups is 1. The molecule has 110 valence electrons. The quantitative estimate of drug-likeness (QED) is 0.857. The van der Waals surface area contributed by atoms with Gasteiger partial charge in [-0.15, -0.1) is 0 Å². The van der Waals surface area contributed by atoms with Crippen molar-refractivity contribution >= 4 is 5.91 Å². The lowest BCUT2D eigenvalue weighted by Crippen LogP contribution is -2.33. The Morgan fingerprint density at radius 3 is 2.38 bits per heavy atom. The molecule has 0 fully saturated rings. The number of hydrogen-bond donors (Lipinski definition) is 2. The molecule has 0 spiro atoms. The fourth-order valence-electron chi connectivity index (χ4n) is 2.02. The molecule has 1 amide bonds. The Morgan fingerprint density at radius 2 is 1.67 bits per heavy atom. The minimum absolute atomic E-state index is 0.102. The van der Waals surface area contributed by atoms with Gasteiger partial charge in [-0.3, -0.25) is 4.79 Å². The first-order valence-electron chi connectivity index (χ1n) is 6.92. The molecule has 0 aliphatic rings. The zero-order valence-corrected chi connectivity index (χ0v) is 12.0. The fourth-order valence-corrected chi connectivity index (χ4v) is 2.02. The van der Waals surface area contributed by atoms with E-state index in [9.17, 15) is 9.18 Å². The summed E-state index contributed by atoms with van der Waals surface area (Å²) in [6, 6.07) is 14.5. The highest BCUT2D eigenvalue weighted by Crippen LogP contribution is 2.06. The van der Waals surface area contributed by atoms with E-state index >= 15 is 0 Å². The number of halogens is 1. The molecule has 2 N–H and O–H groups in total. The van der Waals surface area contributed by atoms with E-state index in [4.69, 9.17) is 0 Å². The molecule has 3 nitrogen and oxygen atoms in total. The highest BCUT2D eigenvalue weighted by molar-refractivity contribution is 5.78. The van der Waals surface area contributed by atoms with Gasteiger partial charge in [0.1, 0.15) is 5.82 Å². The first kappa shape index (κ1) is 15.2. The summed E-state index contributed by atoms with van der Waals surface area (Å²) >= 11 is 0. The van der Waals surface area contributed by atoms with Crippen molar-refractivity contribution < 1.29 is 9.18 Å². The highest BCUT2D eigenvalue weighted by atomic mass is 19.1. The van der Waals surface area contributed by atoms with Gasteiger partial charge in [-0.25, -0.2) is 4.39 Å². The summed E-state index contributed by atoms with van der Waals surface area (Å²) in [6.07, 6.45) is 0. The summed E-state index contributed by atoms with van der Waals surface area (Å²) in [4.78, 5) is 11.7. The van der Waals surface area contributed by atoms with Gasteiger partial charge in [-0.2, -0.15) is 0 Å². The van der Waals surface area contributed by atoms with Crippen molar-refractivity contribution in [3.05, 3.63) is 71.0 Å². The molecule has 0 aliphatic carbocycles. The Balaban J connectivity index is 1.73. The van der Waals surface area contributed by atoms with Crippen molar-refractivity contribution in [2.75, 3.05) is 6.54 Å². The molecule has 4 heteroatoms. The predicted octanol–water partition coefficient (Wildman–Crippen LogP) is 2.54. The van der Waals surface area contributed by atoms with Crippen molar-refractivity contribution in [3.8, 4) is 0 Å². The molecule has 0 heterocycles. The van der Waals surface area contributed by atoms with Crippen LogP contribution in [0.25, 0.3) is 0 Å². The van der Waals surface area contributed by atoms with Crippen molar-refractivity contribution in [3.63, 3.8) is 0 Å². The second-order valence-electron chi connectivity index (χ2n) is 4.90. The summed E-state index contributed by atoms with van der Waals surface area (Å²) in [7, 11) is 0. The standard InChI is InChI=1S/C17H19FN2O/c1-13-6-2-3-7-14(13)11-20-17(21)12-19-10-15-8-4-5-9-16(15)18/h2-9,19H,10-12H2,1H3,(H,20,21). The van der Waals surface area contributed by atoms with Gasteiger partial charge in [-0.05, 0) is 24.1 Å². The van der Waals surface area contributed by atoms with Gasteiger partial charge in [0.05, 0.1) is 6.54 Å². The third-order valence-corrected chi connectivity index (χ3v) is 3.30. The topological polar surface area (TPSA) is 41.1 Å². The molecule has 2 aromatic rings. The van der Waals surface area contributed by atoms with E-state index in [0.717, 1.165) is 11.1 Å². The third-order valence-electron chi connectivity index (χ3n) is 3.30. The van der Waals surface area contributed by atoms with Crippen LogP contribution >= 0.6 is 0 Å². The van der Waals surface area contributed by atoms with E-state index in [-0.39, 0.29) is 18.3 Å². The Kier molecular flexibility index (Phi) is 5.46. The van der Waals surface area contributed by atoms with E-state index in [1.807, 2.05) is 31.2 Å². The number of nitrogens with one attached hydrogen (secondary N) is 2. The maximum Gasteiger partial charge on any atom is 0.234 e. The first-order valence-corrected chi connectivity index (χ1v) is 6.92. The maximum absolute atomic E-state index is 13.4. The molecule has 2 aromatic carbocycles. The van der Waals surface area contributed by atoms with Crippen LogP contribution in [0.1, 0.15) is 16.7 Å². The van der Waals surface area contributed by atoms with Crippen molar-refractivity contribution in [2.45, 2.75) is 20.0 Å². The Bertz CT molecular complexity index is 613. The van der Waals surface area contributed by atoms with Gasteiger partial charge in [0, 0.05) is 18.7 Å². The molecule has 0 saturated heterocycles. The lowest BCUT2D eigenvalue weighted by molar-refractivity contribution is -0.120. The lowest BCUT2D eigenvalue weighted by Gasteiger charge is -2.09. The van der Waals surface area contributed by atoms with Crippen molar-refractivity contribution in [2.24, 2.45) is 0 Å². The second-order valence-corrected chi connectivity index (χ2v) is 4.90. The lowest BCUT2D eigenvalue weighted by atomic mass is 10.1. The number of hydrogen-bond acceptors (Lipinski definition) is 2. The average Bonchev–Trinajstić information content (AvgIpc) is 2.48. The van der Waals surface area contributed by atoms with Gasteiger partial charge >= 0.3 is 0 Å². The molecular formula is C17H19FN2O. The molecular weight excluding hydrogens is 267 g/mol. The van der Waals surface area contributed by atoms with Gasteiger partial charge in [0.25, 0.3) is 0 Å². The Morgan fingerprint density at radius 1 is 1.00 bits per heavy atom. The molecule has 2 rings (SSSR count). The van der Waals surface area contributed by atoms with Gasteiger partial charge in [-0.1, -0.05) is 42.5 Å². The van der Waals surface area contributed by atoms with Crippen LogP contribution in [0.15, 0.2) is 48.5 Å². The van der Waals surface area contributed by atoms with Crippen molar-refractivity contribution in [1.82, 2.24) is 10.6 Å². The summed E-state index contributed by atoms with van der Waals surface area (Å²) in [6.45, 7) is 3.02. The highest BCUT2D eigenvalue weighted by Gasteiger charge is 2.04. The Hall–Kier alpha value is -2.20. The van der Waals surface area contributed by atoms with Crippen LogP contribution in [0, 0.1) is 12.7 Å². The van der Waals surface area contributed by atoms with Crippen LogP contribution < -0.4 is 10.6 Å². The fraction of sp³-hybridized carbons (Fsp3) is 0.235. The summed E-state index contributed by atoms with van der Waals surface area (Å²) < 4.78 is 13.4. The number of carbonyl (C=O) groups excluding carboxylic acids is 1. The second kappa shape index (κ2) is 7.55. The first-order chi connectivity index (χ1) is 10.2. The monoisotopic (exact) mass is 286 g/mol. The minimum atomic E-state index is -0.259. The zero-order valence-electron chi connectivity index (χ0n) is 12.0. The summed E-state index contributed by atoms with van der Waals surface area (Å²) in [5.74, 6) is -0.361. The van der Waals surface area contributed by atoms with E-state index in [2.05, 4.69) is 10.6 Å². The minimum Gasteiger partial charge on any atom is -0.351 e. The maximum atomic E-state index is 13.4. The SMILES string of the molecule is Cc1ccccc1CNC(=O)CNCc1ccccc1F. The molecule has 0 radical (unpaired) electrons. The van der Waals surface area contributed by atoms with Gasteiger partial charge < -0.3 is 10.6 Å². The Labute approximate surface area is 124 Å². The van der Waals surface area contributed by atoms with E-state index in [1.165, 1.54) is 6.07 Å².